The quantitative estimate of drug-likeness (QED) is 0.868. The van der Waals surface area contributed by atoms with E-state index in [-0.39, 0.29) is 5.91 Å². The van der Waals surface area contributed by atoms with E-state index in [0.29, 0.717) is 5.75 Å². The van der Waals surface area contributed by atoms with Crippen LogP contribution in [0, 0.1) is 6.92 Å². The summed E-state index contributed by atoms with van der Waals surface area (Å²) in [5.41, 5.74) is 6.88. The molecular formula is C16H25N3O2. The fraction of sp³-hybridized carbons (Fsp3) is 0.562. The highest BCUT2D eigenvalue weighted by Crippen LogP contribution is 2.35. The maximum Gasteiger partial charge on any atom is 0.242 e. The summed E-state index contributed by atoms with van der Waals surface area (Å²) in [6.45, 7) is 7.36. The summed E-state index contributed by atoms with van der Waals surface area (Å²) in [5.74, 6) is 0.368. The molecule has 1 aliphatic heterocycles. The highest BCUT2D eigenvalue weighted by Gasteiger charge is 2.41. The first-order chi connectivity index (χ1) is 10.00. The van der Waals surface area contributed by atoms with Gasteiger partial charge in [-0.1, -0.05) is 11.6 Å². The van der Waals surface area contributed by atoms with Crippen LogP contribution < -0.4 is 15.8 Å². The highest BCUT2D eigenvalue weighted by atomic mass is 16.5. The first-order valence-corrected chi connectivity index (χ1v) is 7.41. The molecule has 0 aromatic heterocycles. The van der Waals surface area contributed by atoms with Crippen molar-refractivity contribution in [2.45, 2.75) is 25.8 Å². The first-order valence-electron chi connectivity index (χ1n) is 7.41. The van der Waals surface area contributed by atoms with E-state index in [1.807, 2.05) is 32.0 Å². The third-order valence-corrected chi connectivity index (χ3v) is 4.33. The number of primary amides is 1. The van der Waals surface area contributed by atoms with Gasteiger partial charge in [0, 0.05) is 25.2 Å². The molecule has 3 N–H and O–H groups in total. The Hall–Kier alpha value is -1.59. The van der Waals surface area contributed by atoms with Crippen LogP contribution in [0.3, 0.4) is 0 Å². The van der Waals surface area contributed by atoms with E-state index in [2.05, 4.69) is 10.2 Å². The van der Waals surface area contributed by atoms with Crippen LogP contribution in [0.2, 0.25) is 0 Å². The molecule has 1 aromatic rings. The zero-order valence-electron chi connectivity index (χ0n) is 13.1. The van der Waals surface area contributed by atoms with Crippen LogP contribution in [0.25, 0.3) is 0 Å². The molecule has 1 amide bonds. The molecular weight excluding hydrogens is 266 g/mol. The van der Waals surface area contributed by atoms with Crippen LogP contribution in [0.4, 0.5) is 0 Å². The lowest BCUT2D eigenvalue weighted by molar-refractivity contribution is -0.130. The molecule has 21 heavy (non-hydrogen) atoms. The van der Waals surface area contributed by atoms with E-state index in [1.54, 1.807) is 7.11 Å². The van der Waals surface area contributed by atoms with Crippen LogP contribution >= 0.6 is 0 Å². The van der Waals surface area contributed by atoms with E-state index in [1.165, 1.54) is 0 Å². The molecule has 1 atom stereocenters. The Balaban J connectivity index is 2.50. The number of methoxy groups -OCH3 is 1. The van der Waals surface area contributed by atoms with Gasteiger partial charge in [0.2, 0.25) is 5.91 Å². The number of rotatable bonds is 4. The van der Waals surface area contributed by atoms with Gasteiger partial charge in [0.1, 0.15) is 11.3 Å². The molecule has 5 nitrogen and oxygen atoms in total. The van der Waals surface area contributed by atoms with Crippen LogP contribution in [0.1, 0.15) is 24.5 Å². The lowest BCUT2D eigenvalue weighted by Gasteiger charge is -2.39. The third-order valence-electron chi connectivity index (χ3n) is 4.33. The number of carbonyl (C=O) groups excluding carboxylic acids is 1. The number of hydrogen-bond acceptors (Lipinski definition) is 4. The smallest absolute Gasteiger partial charge is 0.242 e. The number of nitrogens with two attached hydrogens (primary N) is 1. The molecule has 1 aromatic carbocycles. The molecule has 5 heteroatoms. The number of nitrogens with one attached hydrogen (secondary N) is 1. The number of aryl methyl sites for hydroxylation is 1. The Labute approximate surface area is 126 Å². The molecule has 1 saturated heterocycles. The van der Waals surface area contributed by atoms with E-state index in [9.17, 15) is 4.79 Å². The minimum Gasteiger partial charge on any atom is -0.496 e. The summed E-state index contributed by atoms with van der Waals surface area (Å²) in [4.78, 5) is 14.5. The van der Waals surface area contributed by atoms with Crippen LogP contribution in [0.5, 0.6) is 5.75 Å². The largest absolute Gasteiger partial charge is 0.496 e. The maximum atomic E-state index is 12.3. The maximum absolute atomic E-state index is 12.3. The minimum atomic E-state index is -0.858. The molecule has 1 heterocycles. The van der Waals surface area contributed by atoms with Crippen molar-refractivity contribution >= 4 is 5.91 Å². The highest BCUT2D eigenvalue weighted by molar-refractivity contribution is 5.86. The number of amides is 1. The first kappa shape index (κ1) is 15.8. The van der Waals surface area contributed by atoms with Crippen molar-refractivity contribution in [1.29, 1.82) is 0 Å². The molecule has 2 rings (SSSR count). The van der Waals surface area contributed by atoms with Gasteiger partial charge in [-0.2, -0.15) is 0 Å². The van der Waals surface area contributed by atoms with Gasteiger partial charge in [-0.05, 0) is 38.9 Å². The van der Waals surface area contributed by atoms with Gasteiger partial charge in [0.25, 0.3) is 0 Å². The van der Waals surface area contributed by atoms with Crippen molar-refractivity contribution in [2.75, 3.05) is 33.3 Å². The third kappa shape index (κ3) is 3.04. The molecule has 0 aliphatic carbocycles. The molecule has 0 radical (unpaired) electrons. The molecule has 0 saturated carbocycles. The SMILES string of the molecule is COc1ccc(C)cc1C(C)(C(N)=O)N1CCCNCC1. The van der Waals surface area contributed by atoms with Gasteiger partial charge in [0.05, 0.1) is 7.11 Å². The number of carbonyl (C=O) groups is 1. The zero-order chi connectivity index (χ0) is 15.5. The Morgan fingerprint density at radius 3 is 2.81 bits per heavy atom. The Morgan fingerprint density at radius 1 is 1.38 bits per heavy atom. The van der Waals surface area contributed by atoms with Crippen molar-refractivity contribution in [3.63, 3.8) is 0 Å². The van der Waals surface area contributed by atoms with E-state index < -0.39 is 5.54 Å². The number of benzene rings is 1. The zero-order valence-corrected chi connectivity index (χ0v) is 13.1. The fourth-order valence-electron chi connectivity index (χ4n) is 2.95. The second-order valence-corrected chi connectivity index (χ2v) is 5.73. The number of ether oxygens (including phenoxy) is 1. The van der Waals surface area contributed by atoms with E-state index in [0.717, 1.165) is 43.7 Å². The fourth-order valence-corrected chi connectivity index (χ4v) is 2.95. The van der Waals surface area contributed by atoms with Gasteiger partial charge < -0.3 is 15.8 Å². The van der Waals surface area contributed by atoms with E-state index >= 15 is 0 Å². The van der Waals surface area contributed by atoms with Crippen molar-refractivity contribution in [2.24, 2.45) is 5.73 Å². The Morgan fingerprint density at radius 2 is 2.14 bits per heavy atom. The number of hydrogen-bond donors (Lipinski definition) is 2. The summed E-state index contributed by atoms with van der Waals surface area (Å²) in [6.07, 6.45) is 0.997. The molecule has 0 spiro atoms. The average molecular weight is 291 g/mol. The summed E-state index contributed by atoms with van der Waals surface area (Å²) >= 11 is 0. The average Bonchev–Trinajstić information content (AvgIpc) is 2.75. The molecule has 1 fully saturated rings. The standard InChI is InChI=1S/C16H25N3O2/c1-12-5-6-14(21-3)13(11-12)16(2,15(17)20)19-9-4-7-18-8-10-19/h5-6,11,18H,4,7-10H2,1-3H3,(H2,17,20). The lowest BCUT2D eigenvalue weighted by atomic mass is 9.87. The van der Waals surface area contributed by atoms with Crippen molar-refractivity contribution in [1.82, 2.24) is 10.2 Å². The Bertz CT molecular complexity index is 510. The summed E-state index contributed by atoms with van der Waals surface area (Å²) in [7, 11) is 1.62. The predicted octanol–water partition coefficient (Wildman–Crippen LogP) is 0.999. The van der Waals surface area contributed by atoms with Crippen LogP contribution in [-0.2, 0) is 10.3 Å². The van der Waals surface area contributed by atoms with Crippen LogP contribution in [-0.4, -0.2) is 44.1 Å². The summed E-state index contributed by atoms with van der Waals surface area (Å²) in [5, 5.41) is 3.35. The summed E-state index contributed by atoms with van der Waals surface area (Å²) in [6, 6.07) is 5.89. The van der Waals surface area contributed by atoms with Gasteiger partial charge in [-0.25, -0.2) is 0 Å². The van der Waals surface area contributed by atoms with E-state index in [4.69, 9.17) is 10.5 Å². The van der Waals surface area contributed by atoms with Crippen molar-refractivity contribution in [3.8, 4) is 5.75 Å². The second kappa shape index (κ2) is 6.45. The van der Waals surface area contributed by atoms with Gasteiger partial charge in [0.15, 0.2) is 0 Å². The molecule has 116 valence electrons. The topological polar surface area (TPSA) is 67.6 Å². The lowest BCUT2D eigenvalue weighted by Crippen LogP contribution is -2.54. The molecule has 1 unspecified atom stereocenters. The normalized spacial score (nSPS) is 19.6. The van der Waals surface area contributed by atoms with Crippen molar-refractivity contribution < 1.29 is 9.53 Å². The van der Waals surface area contributed by atoms with Crippen molar-refractivity contribution in [3.05, 3.63) is 29.3 Å². The molecule has 0 bridgehead atoms. The predicted molar refractivity (Wildman–Crippen MR) is 83.3 cm³/mol. The minimum absolute atomic E-state index is 0.340. The summed E-state index contributed by atoms with van der Waals surface area (Å²) < 4.78 is 5.47. The van der Waals surface area contributed by atoms with Crippen LogP contribution in [0.15, 0.2) is 18.2 Å². The van der Waals surface area contributed by atoms with Gasteiger partial charge in [-0.15, -0.1) is 0 Å². The second-order valence-electron chi connectivity index (χ2n) is 5.73. The number of nitrogens with zero attached hydrogens (tertiary/aromatic N) is 1. The monoisotopic (exact) mass is 291 g/mol. The molecule has 1 aliphatic rings. The van der Waals surface area contributed by atoms with Gasteiger partial charge in [-0.3, -0.25) is 9.69 Å². The Kier molecular flexibility index (Phi) is 4.85. The van der Waals surface area contributed by atoms with Gasteiger partial charge >= 0.3 is 0 Å².